The van der Waals surface area contributed by atoms with Crippen LogP contribution in [0.1, 0.15) is 12.8 Å². The summed E-state index contributed by atoms with van der Waals surface area (Å²) in [7, 11) is -0.712. The predicted molar refractivity (Wildman–Crippen MR) is 40.2 cm³/mol. The van der Waals surface area contributed by atoms with E-state index in [0.717, 1.165) is 6.54 Å². The average molecular weight is 131 g/mol. The smallest absolute Gasteiger partial charge is 0.0374 e. The lowest BCUT2D eigenvalue weighted by molar-refractivity contribution is 0.792. The molecule has 0 amide bonds. The molecule has 1 nitrogen and oxygen atoms in total. The SMILES string of the molecule is CP1(C)=NCCCC1. The summed E-state index contributed by atoms with van der Waals surface area (Å²) in [4.78, 5) is 0. The van der Waals surface area contributed by atoms with Gasteiger partial charge in [-0.2, -0.15) is 0 Å². The van der Waals surface area contributed by atoms with Gasteiger partial charge in [-0.1, -0.05) is 0 Å². The highest BCUT2D eigenvalue weighted by atomic mass is 31.2. The summed E-state index contributed by atoms with van der Waals surface area (Å²) >= 11 is 0. The Labute approximate surface area is 51.5 Å². The molecule has 0 N–H and O–H groups in total. The van der Waals surface area contributed by atoms with Crippen molar-refractivity contribution in [2.75, 3.05) is 26.0 Å². The van der Waals surface area contributed by atoms with Gasteiger partial charge in [-0.3, -0.25) is 0 Å². The van der Waals surface area contributed by atoms with Gasteiger partial charge in [0.2, 0.25) is 0 Å². The van der Waals surface area contributed by atoms with Crippen molar-refractivity contribution in [2.45, 2.75) is 12.8 Å². The van der Waals surface area contributed by atoms with Gasteiger partial charge in [-0.15, -0.1) is 0 Å². The van der Waals surface area contributed by atoms with Gasteiger partial charge in [-0.25, -0.2) is 0 Å². The lowest BCUT2D eigenvalue weighted by atomic mass is 10.3. The van der Waals surface area contributed by atoms with Crippen LogP contribution in [0, 0.1) is 0 Å². The zero-order valence-corrected chi connectivity index (χ0v) is 6.62. The maximum atomic E-state index is 4.57. The molecule has 1 aliphatic heterocycles. The van der Waals surface area contributed by atoms with Crippen LogP contribution in [0.3, 0.4) is 0 Å². The van der Waals surface area contributed by atoms with Gasteiger partial charge in [0.25, 0.3) is 0 Å². The fourth-order valence-electron chi connectivity index (χ4n) is 1.02. The summed E-state index contributed by atoms with van der Waals surface area (Å²) in [5.41, 5.74) is 0. The second kappa shape index (κ2) is 2.23. The van der Waals surface area contributed by atoms with Crippen LogP contribution in [-0.4, -0.2) is 26.0 Å². The van der Waals surface area contributed by atoms with E-state index in [0.29, 0.717) is 0 Å². The van der Waals surface area contributed by atoms with Gasteiger partial charge >= 0.3 is 0 Å². The van der Waals surface area contributed by atoms with Crippen molar-refractivity contribution >= 4 is 7.05 Å². The molecular weight excluding hydrogens is 117 g/mol. The predicted octanol–water partition coefficient (Wildman–Crippen LogP) is 2.24. The average Bonchev–Trinajstić information content (AvgIpc) is 1.65. The zero-order chi connectivity index (χ0) is 6.04. The molecule has 0 radical (unpaired) electrons. The van der Waals surface area contributed by atoms with Crippen LogP contribution in [-0.2, 0) is 0 Å². The molecule has 8 heavy (non-hydrogen) atoms. The minimum atomic E-state index is -0.712. The molecule has 0 bridgehead atoms. The molecule has 0 fully saturated rings. The Morgan fingerprint density at radius 2 is 2.00 bits per heavy atom. The molecule has 0 spiro atoms. The quantitative estimate of drug-likeness (QED) is 0.447. The Bertz CT molecular complexity index is 122. The first kappa shape index (κ1) is 6.35. The number of hydrogen-bond donors (Lipinski definition) is 0. The van der Waals surface area contributed by atoms with E-state index in [1.807, 2.05) is 0 Å². The highest BCUT2D eigenvalue weighted by Gasteiger charge is 2.07. The van der Waals surface area contributed by atoms with Crippen LogP contribution in [0.2, 0.25) is 0 Å². The Balaban J connectivity index is 2.63. The summed E-state index contributed by atoms with van der Waals surface area (Å²) in [6.07, 6.45) is 4.15. The zero-order valence-electron chi connectivity index (χ0n) is 5.72. The van der Waals surface area contributed by atoms with Crippen molar-refractivity contribution in [3.63, 3.8) is 0 Å². The molecule has 2 heteroatoms. The van der Waals surface area contributed by atoms with Crippen LogP contribution >= 0.6 is 7.05 Å². The molecule has 0 aromatic rings. The maximum Gasteiger partial charge on any atom is 0.0374 e. The van der Waals surface area contributed by atoms with Gasteiger partial charge in [-0.05, 0) is 39.4 Å². The second-order valence-electron chi connectivity index (χ2n) is 2.92. The van der Waals surface area contributed by atoms with E-state index in [2.05, 4.69) is 18.1 Å². The van der Waals surface area contributed by atoms with Crippen LogP contribution in [0.15, 0.2) is 4.74 Å². The molecule has 1 heterocycles. The van der Waals surface area contributed by atoms with Crippen molar-refractivity contribution in [2.24, 2.45) is 4.74 Å². The highest BCUT2D eigenvalue weighted by molar-refractivity contribution is 7.64. The van der Waals surface area contributed by atoms with E-state index in [-0.39, 0.29) is 0 Å². The molecule has 0 saturated heterocycles. The lowest BCUT2D eigenvalue weighted by Gasteiger charge is -2.17. The van der Waals surface area contributed by atoms with Gasteiger partial charge in [0.05, 0.1) is 0 Å². The summed E-state index contributed by atoms with van der Waals surface area (Å²) < 4.78 is 4.57. The first-order chi connectivity index (χ1) is 3.71. The third-order valence-electron chi connectivity index (χ3n) is 1.60. The van der Waals surface area contributed by atoms with E-state index >= 15 is 0 Å². The Kier molecular flexibility index (Phi) is 1.77. The van der Waals surface area contributed by atoms with E-state index in [1.165, 1.54) is 19.0 Å². The van der Waals surface area contributed by atoms with E-state index in [4.69, 9.17) is 0 Å². The third kappa shape index (κ3) is 1.63. The third-order valence-corrected chi connectivity index (χ3v) is 3.97. The molecule has 0 aliphatic carbocycles. The maximum absolute atomic E-state index is 4.57. The van der Waals surface area contributed by atoms with E-state index in [9.17, 15) is 0 Å². The second-order valence-corrected chi connectivity index (χ2v) is 6.89. The Morgan fingerprint density at radius 1 is 1.25 bits per heavy atom. The molecular formula is C6H14NP. The van der Waals surface area contributed by atoms with Crippen LogP contribution in [0.25, 0.3) is 0 Å². The standard InChI is InChI=1S/C6H14NP/c1-8(2)6-4-3-5-7-8/h3-6H2,1-2H3. The highest BCUT2D eigenvalue weighted by Crippen LogP contribution is 2.44. The fourth-order valence-corrected chi connectivity index (χ4v) is 2.84. The summed E-state index contributed by atoms with van der Waals surface area (Å²) in [5.74, 6) is 0. The monoisotopic (exact) mass is 131 g/mol. The molecule has 0 aromatic heterocycles. The number of hydrogen-bond acceptors (Lipinski definition) is 1. The fraction of sp³-hybridized carbons (Fsp3) is 1.00. The van der Waals surface area contributed by atoms with Crippen molar-refractivity contribution in [1.29, 1.82) is 0 Å². The first-order valence-electron chi connectivity index (χ1n) is 3.23. The molecule has 0 atom stereocenters. The number of rotatable bonds is 0. The van der Waals surface area contributed by atoms with Crippen molar-refractivity contribution in [3.05, 3.63) is 0 Å². The number of nitrogens with zero attached hydrogens (tertiary/aromatic N) is 1. The Morgan fingerprint density at radius 3 is 2.25 bits per heavy atom. The van der Waals surface area contributed by atoms with Crippen LogP contribution in [0.4, 0.5) is 0 Å². The molecule has 0 unspecified atom stereocenters. The summed E-state index contributed by atoms with van der Waals surface area (Å²) in [5, 5.41) is 0. The topological polar surface area (TPSA) is 12.4 Å². The van der Waals surface area contributed by atoms with Gasteiger partial charge in [0, 0.05) is 6.54 Å². The Hall–Kier alpha value is 0.230. The summed E-state index contributed by atoms with van der Waals surface area (Å²) in [6, 6.07) is 0. The molecule has 0 aromatic carbocycles. The van der Waals surface area contributed by atoms with Gasteiger partial charge in [0.15, 0.2) is 0 Å². The summed E-state index contributed by atoms with van der Waals surface area (Å²) in [6.45, 7) is 5.79. The minimum Gasteiger partial charge on any atom is -0.304 e. The van der Waals surface area contributed by atoms with Crippen LogP contribution in [0.5, 0.6) is 0 Å². The first-order valence-corrected chi connectivity index (χ1v) is 6.05. The lowest BCUT2D eigenvalue weighted by Crippen LogP contribution is -1.96. The van der Waals surface area contributed by atoms with Crippen molar-refractivity contribution in [1.82, 2.24) is 0 Å². The van der Waals surface area contributed by atoms with Gasteiger partial charge < -0.3 is 4.74 Å². The molecule has 1 rings (SSSR count). The molecule has 48 valence electrons. The minimum absolute atomic E-state index is 0.712. The van der Waals surface area contributed by atoms with Gasteiger partial charge in [0.1, 0.15) is 0 Å². The van der Waals surface area contributed by atoms with Crippen molar-refractivity contribution in [3.8, 4) is 0 Å². The normalized spacial score (nSPS) is 26.8. The van der Waals surface area contributed by atoms with E-state index < -0.39 is 7.05 Å². The van der Waals surface area contributed by atoms with Crippen LogP contribution < -0.4 is 0 Å². The molecule has 1 aliphatic rings. The molecule has 0 saturated carbocycles. The van der Waals surface area contributed by atoms with Crippen molar-refractivity contribution < 1.29 is 0 Å². The van der Waals surface area contributed by atoms with E-state index in [1.54, 1.807) is 0 Å². The largest absolute Gasteiger partial charge is 0.304 e.